The zero-order chi connectivity index (χ0) is 14.3. The van der Waals surface area contributed by atoms with E-state index in [4.69, 9.17) is 4.98 Å². The summed E-state index contributed by atoms with van der Waals surface area (Å²) in [6.45, 7) is 3.99. The Labute approximate surface area is 127 Å². The molecular weight excluding hydrogens is 316 g/mol. The first-order valence-electron chi connectivity index (χ1n) is 6.79. The lowest BCUT2D eigenvalue weighted by atomic mass is 10.1. The van der Waals surface area contributed by atoms with E-state index in [0.29, 0.717) is 5.92 Å². The van der Waals surface area contributed by atoms with Crippen LogP contribution in [0.1, 0.15) is 35.8 Å². The highest BCUT2D eigenvalue weighted by Gasteiger charge is 2.29. The van der Waals surface area contributed by atoms with Crippen LogP contribution < -0.4 is 5.32 Å². The summed E-state index contributed by atoms with van der Waals surface area (Å²) < 4.78 is 0.994. The molecule has 1 saturated carbocycles. The summed E-state index contributed by atoms with van der Waals surface area (Å²) in [7, 11) is 1.89. The van der Waals surface area contributed by atoms with E-state index in [1.165, 1.54) is 12.8 Å². The third-order valence-electron chi connectivity index (χ3n) is 3.42. The van der Waals surface area contributed by atoms with Crippen LogP contribution in [-0.4, -0.2) is 22.0 Å². The van der Waals surface area contributed by atoms with E-state index in [1.807, 2.05) is 33.0 Å². The van der Waals surface area contributed by atoms with Crippen LogP contribution >= 0.6 is 15.9 Å². The molecule has 2 aromatic rings. The van der Waals surface area contributed by atoms with Crippen molar-refractivity contribution in [1.82, 2.24) is 15.0 Å². The molecule has 0 amide bonds. The van der Waals surface area contributed by atoms with Crippen molar-refractivity contribution in [1.29, 1.82) is 0 Å². The molecule has 0 radical (unpaired) electrons. The Balaban J connectivity index is 2.15. The average Bonchev–Trinajstić information content (AvgIpc) is 3.22. The van der Waals surface area contributed by atoms with Crippen LogP contribution in [0.15, 0.2) is 16.6 Å². The number of halogens is 1. The second-order valence-corrected chi connectivity index (χ2v) is 6.05. The van der Waals surface area contributed by atoms with Gasteiger partial charge < -0.3 is 5.32 Å². The monoisotopic (exact) mass is 332 g/mol. The number of nitrogens with one attached hydrogen (secondary N) is 1. The zero-order valence-corrected chi connectivity index (χ0v) is 13.5. The first-order valence-corrected chi connectivity index (χ1v) is 7.58. The lowest BCUT2D eigenvalue weighted by Gasteiger charge is -2.11. The van der Waals surface area contributed by atoms with Gasteiger partial charge in [0.05, 0.1) is 10.2 Å². The van der Waals surface area contributed by atoms with E-state index in [9.17, 15) is 0 Å². The highest BCUT2D eigenvalue weighted by atomic mass is 79.9. The third-order valence-corrected chi connectivity index (χ3v) is 4.20. The number of hydrogen-bond acceptors (Lipinski definition) is 4. The highest BCUT2D eigenvalue weighted by molar-refractivity contribution is 9.10. The van der Waals surface area contributed by atoms with E-state index in [0.717, 1.165) is 38.8 Å². The smallest absolute Gasteiger partial charge is 0.161 e. The van der Waals surface area contributed by atoms with Gasteiger partial charge in [-0.05, 0) is 54.8 Å². The van der Waals surface area contributed by atoms with Gasteiger partial charge in [-0.15, -0.1) is 0 Å². The molecule has 5 heteroatoms. The van der Waals surface area contributed by atoms with E-state index in [1.54, 1.807) is 0 Å². The normalized spacial score (nSPS) is 14.4. The maximum atomic E-state index is 4.77. The van der Waals surface area contributed by atoms with Gasteiger partial charge in [0, 0.05) is 29.9 Å². The van der Waals surface area contributed by atoms with Crippen molar-refractivity contribution in [3.8, 4) is 11.4 Å². The van der Waals surface area contributed by atoms with Crippen molar-refractivity contribution < 1.29 is 0 Å². The van der Waals surface area contributed by atoms with Crippen molar-refractivity contribution >= 4 is 21.7 Å². The van der Waals surface area contributed by atoms with Crippen molar-refractivity contribution in [2.75, 3.05) is 12.4 Å². The molecule has 1 fully saturated rings. The molecule has 0 bridgehead atoms. The van der Waals surface area contributed by atoms with Crippen LogP contribution in [0.5, 0.6) is 0 Å². The Hall–Kier alpha value is -1.49. The fourth-order valence-corrected chi connectivity index (χ4v) is 3.05. The van der Waals surface area contributed by atoms with Gasteiger partial charge in [-0.25, -0.2) is 9.97 Å². The number of anilines is 1. The van der Waals surface area contributed by atoms with E-state index in [-0.39, 0.29) is 0 Å². The Kier molecular flexibility index (Phi) is 3.46. The molecule has 3 rings (SSSR count). The minimum Gasteiger partial charge on any atom is -0.372 e. The summed E-state index contributed by atoms with van der Waals surface area (Å²) in [4.78, 5) is 13.8. The molecule has 4 nitrogen and oxygen atoms in total. The molecule has 20 heavy (non-hydrogen) atoms. The molecule has 1 aliphatic rings. The molecule has 0 aromatic carbocycles. The molecule has 0 unspecified atom stereocenters. The largest absolute Gasteiger partial charge is 0.372 e. The van der Waals surface area contributed by atoms with Gasteiger partial charge in [-0.3, -0.25) is 4.98 Å². The SMILES string of the molecule is CNc1nc(-c2cc(C)nc(C)c2)nc(C2CC2)c1Br. The molecular formula is C15H17BrN4. The molecule has 1 aliphatic carbocycles. The molecule has 0 saturated heterocycles. The predicted octanol–water partition coefficient (Wildman–Crippen LogP) is 3.84. The highest BCUT2D eigenvalue weighted by Crippen LogP contribution is 2.44. The van der Waals surface area contributed by atoms with E-state index >= 15 is 0 Å². The number of rotatable bonds is 3. The number of hydrogen-bond donors (Lipinski definition) is 1. The second-order valence-electron chi connectivity index (χ2n) is 5.26. The van der Waals surface area contributed by atoms with Crippen LogP contribution in [0, 0.1) is 13.8 Å². The van der Waals surface area contributed by atoms with Crippen molar-refractivity contribution in [3.63, 3.8) is 0 Å². The van der Waals surface area contributed by atoms with Gasteiger partial charge in [0.15, 0.2) is 5.82 Å². The average molecular weight is 333 g/mol. The minimum absolute atomic E-state index is 0.572. The summed E-state index contributed by atoms with van der Waals surface area (Å²) in [6, 6.07) is 4.07. The Bertz CT molecular complexity index is 645. The van der Waals surface area contributed by atoms with Gasteiger partial charge in [-0.1, -0.05) is 0 Å². The van der Waals surface area contributed by atoms with Gasteiger partial charge in [0.25, 0.3) is 0 Å². The third kappa shape index (κ3) is 2.54. The maximum absolute atomic E-state index is 4.77. The summed E-state index contributed by atoms with van der Waals surface area (Å²) >= 11 is 3.62. The van der Waals surface area contributed by atoms with Gasteiger partial charge in [0.2, 0.25) is 0 Å². The number of nitrogens with zero attached hydrogens (tertiary/aromatic N) is 3. The molecule has 2 heterocycles. The number of aromatic nitrogens is 3. The summed E-state index contributed by atoms with van der Waals surface area (Å²) in [5.41, 5.74) is 4.13. The minimum atomic E-state index is 0.572. The molecule has 0 spiro atoms. The Morgan fingerprint density at radius 3 is 2.30 bits per heavy atom. The zero-order valence-electron chi connectivity index (χ0n) is 11.9. The predicted molar refractivity (Wildman–Crippen MR) is 84.0 cm³/mol. The quantitative estimate of drug-likeness (QED) is 0.927. The summed E-state index contributed by atoms with van der Waals surface area (Å²) in [5, 5.41) is 3.14. The van der Waals surface area contributed by atoms with Crippen LogP contribution in [0.2, 0.25) is 0 Å². The molecule has 0 aliphatic heterocycles. The topological polar surface area (TPSA) is 50.7 Å². The van der Waals surface area contributed by atoms with E-state index in [2.05, 4.69) is 31.2 Å². The molecule has 0 atom stereocenters. The first-order chi connectivity index (χ1) is 9.58. The van der Waals surface area contributed by atoms with Crippen LogP contribution in [0.4, 0.5) is 5.82 Å². The van der Waals surface area contributed by atoms with Crippen molar-refractivity contribution in [2.24, 2.45) is 0 Å². The fourth-order valence-electron chi connectivity index (χ4n) is 2.35. The van der Waals surface area contributed by atoms with Crippen LogP contribution in [0.25, 0.3) is 11.4 Å². The Morgan fingerprint density at radius 2 is 1.75 bits per heavy atom. The van der Waals surface area contributed by atoms with Gasteiger partial charge in [0.1, 0.15) is 5.82 Å². The summed E-state index contributed by atoms with van der Waals surface area (Å²) in [6.07, 6.45) is 2.43. The molecule has 104 valence electrons. The lowest BCUT2D eigenvalue weighted by Crippen LogP contribution is -2.03. The van der Waals surface area contributed by atoms with Crippen molar-refractivity contribution in [2.45, 2.75) is 32.6 Å². The summed E-state index contributed by atoms with van der Waals surface area (Å²) in [5.74, 6) is 2.19. The van der Waals surface area contributed by atoms with Crippen molar-refractivity contribution in [3.05, 3.63) is 33.7 Å². The van der Waals surface area contributed by atoms with Crippen LogP contribution in [-0.2, 0) is 0 Å². The lowest BCUT2D eigenvalue weighted by molar-refractivity contribution is 0.977. The van der Waals surface area contributed by atoms with E-state index < -0.39 is 0 Å². The second kappa shape index (κ2) is 5.13. The number of pyridine rings is 1. The maximum Gasteiger partial charge on any atom is 0.161 e. The molecule has 2 aromatic heterocycles. The fraction of sp³-hybridized carbons (Fsp3) is 0.400. The molecule has 1 N–H and O–H groups in total. The standard InChI is InChI=1S/C15H17BrN4/c1-8-6-11(7-9(2)18-8)14-19-13(10-4-5-10)12(16)15(17-3)20-14/h6-7,10H,4-5H2,1-3H3,(H,17,19,20). The van der Waals surface area contributed by atoms with Crippen LogP contribution in [0.3, 0.4) is 0 Å². The number of aryl methyl sites for hydroxylation is 2. The first kappa shape index (κ1) is 13.5. The van der Waals surface area contributed by atoms with Gasteiger partial charge >= 0.3 is 0 Å². The Morgan fingerprint density at radius 1 is 1.10 bits per heavy atom. The van der Waals surface area contributed by atoms with Gasteiger partial charge in [-0.2, -0.15) is 0 Å².